The van der Waals surface area contributed by atoms with Crippen molar-refractivity contribution in [2.45, 2.75) is 12.6 Å². The van der Waals surface area contributed by atoms with Gasteiger partial charge in [0.25, 0.3) is 0 Å². The van der Waals surface area contributed by atoms with Gasteiger partial charge in [-0.2, -0.15) is 18.2 Å². The number of aromatic nitrogens is 2. The first-order valence-electron chi connectivity index (χ1n) is 6.78. The largest absolute Gasteiger partial charge is 0.433 e. The van der Waals surface area contributed by atoms with Crippen molar-refractivity contribution in [2.24, 2.45) is 5.92 Å². The number of hydrogen-bond donors (Lipinski definition) is 1. The molecule has 1 atom stereocenters. The number of halogens is 3. The lowest BCUT2D eigenvalue weighted by molar-refractivity contribution is -0.141. The van der Waals surface area contributed by atoms with Crippen LogP contribution in [0.5, 0.6) is 0 Å². The summed E-state index contributed by atoms with van der Waals surface area (Å²) in [6, 6.07) is 0.882. The van der Waals surface area contributed by atoms with Crippen LogP contribution in [0.3, 0.4) is 0 Å². The Labute approximate surface area is 126 Å². The lowest BCUT2D eigenvalue weighted by Crippen LogP contribution is -2.22. The van der Waals surface area contributed by atoms with E-state index in [0.29, 0.717) is 19.5 Å². The topological polar surface area (TPSA) is 61.4 Å². The van der Waals surface area contributed by atoms with Crippen LogP contribution in [-0.2, 0) is 11.0 Å². The summed E-state index contributed by atoms with van der Waals surface area (Å²) >= 11 is 0. The molecule has 1 unspecified atom stereocenters. The Balaban J connectivity index is 2.13. The molecule has 0 aromatic carbocycles. The first kappa shape index (κ1) is 16.3. The van der Waals surface area contributed by atoms with Crippen molar-refractivity contribution >= 4 is 17.7 Å². The molecule has 2 heterocycles. The van der Waals surface area contributed by atoms with Gasteiger partial charge in [-0.3, -0.25) is 4.79 Å². The minimum atomic E-state index is -4.53. The molecule has 1 N–H and O–H groups in total. The number of amides is 1. The molecule has 0 radical (unpaired) electrons. The normalized spacial score (nSPS) is 18.7. The molecule has 1 fully saturated rings. The van der Waals surface area contributed by atoms with E-state index in [2.05, 4.69) is 15.3 Å². The molecule has 0 spiro atoms. The zero-order chi connectivity index (χ0) is 16.5. The van der Waals surface area contributed by atoms with Gasteiger partial charge in [0.05, 0.1) is 0 Å². The van der Waals surface area contributed by atoms with Crippen LogP contribution in [0.15, 0.2) is 6.07 Å². The molecule has 1 aliphatic heterocycles. The van der Waals surface area contributed by atoms with Crippen molar-refractivity contribution in [3.05, 3.63) is 11.8 Å². The van der Waals surface area contributed by atoms with Crippen molar-refractivity contribution in [1.82, 2.24) is 14.9 Å². The highest BCUT2D eigenvalue weighted by atomic mass is 19.4. The van der Waals surface area contributed by atoms with Crippen LogP contribution < -0.4 is 10.2 Å². The standard InChI is InChI=1S/C13H18F3N5O/c1-20(2)12-18-9(13(14,15)16)5-10(19-12)17-6-8-4-11(22)21(3)7-8/h5,8H,4,6-7H2,1-3H3,(H,17,18,19). The lowest BCUT2D eigenvalue weighted by Gasteiger charge is -2.16. The van der Waals surface area contributed by atoms with E-state index >= 15 is 0 Å². The second kappa shape index (κ2) is 5.98. The molecule has 2 rings (SSSR count). The van der Waals surface area contributed by atoms with E-state index in [1.54, 1.807) is 26.0 Å². The number of likely N-dealkylation sites (tertiary alicyclic amines) is 1. The fourth-order valence-corrected chi connectivity index (χ4v) is 2.21. The number of alkyl halides is 3. The van der Waals surface area contributed by atoms with Crippen molar-refractivity contribution in [3.8, 4) is 0 Å². The fraction of sp³-hybridized carbons (Fsp3) is 0.615. The monoisotopic (exact) mass is 317 g/mol. The average molecular weight is 317 g/mol. The van der Waals surface area contributed by atoms with Crippen LogP contribution in [0.1, 0.15) is 12.1 Å². The number of rotatable bonds is 4. The number of carbonyl (C=O) groups excluding carboxylic acids is 1. The third-order valence-electron chi connectivity index (χ3n) is 3.40. The molecule has 1 saturated heterocycles. The number of nitrogens with one attached hydrogen (secondary N) is 1. The molecule has 1 aromatic heterocycles. The van der Waals surface area contributed by atoms with E-state index in [-0.39, 0.29) is 23.6 Å². The van der Waals surface area contributed by atoms with Crippen molar-refractivity contribution < 1.29 is 18.0 Å². The van der Waals surface area contributed by atoms with Gasteiger partial charge in [0, 0.05) is 52.6 Å². The Morgan fingerprint density at radius 2 is 2.09 bits per heavy atom. The van der Waals surface area contributed by atoms with Gasteiger partial charge in [0.2, 0.25) is 11.9 Å². The minimum absolute atomic E-state index is 0.0167. The molecular weight excluding hydrogens is 299 g/mol. The predicted octanol–water partition coefficient (Wildman–Crippen LogP) is 1.45. The van der Waals surface area contributed by atoms with Gasteiger partial charge < -0.3 is 15.1 Å². The van der Waals surface area contributed by atoms with Crippen LogP contribution in [-0.4, -0.2) is 55.0 Å². The molecule has 1 aromatic rings. The Morgan fingerprint density at radius 1 is 1.41 bits per heavy atom. The van der Waals surface area contributed by atoms with E-state index in [1.807, 2.05) is 0 Å². The molecule has 6 nitrogen and oxygen atoms in total. The molecule has 22 heavy (non-hydrogen) atoms. The number of hydrogen-bond acceptors (Lipinski definition) is 5. The highest BCUT2D eigenvalue weighted by Gasteiger charge is 2.34. The molecule has 122 valence electrons. The Kier molecular flexibility index (Phi) is 4.43. The van der Waals surface area contributed by atoms with Gasteiger partial charge in [0.1, 0.15) is 5.82 Å². The predicted molar refractivity (Wildman–Crippen MR) is 75.6 cm³/mol. The second-order valence-electron chi connectivity index (χ2n) is 5.56. The molecule has 1 amide bonds. The van der Waals surface area contributed by atoms with Crippen molar-refractivity contribution in [1.29, 1.82) is 0 Å². The van der Waals surface area contributed by atoms with Crippen LogP contribution in [0.4, 0.5) is 24.9 Å². The SMILES string of the molecule is CN1CC(CNc2cc(C(F)(F)F)nc(N(C)C)n2)CC1=O. The molecule has 1 aliphatic rings. The number of nitrogens with zero attached hydrogens (tertiary/aromatic N) is 4. The zero-order valence-electron chi connectivity index (χ0n) is 12.6. The fourth-order valence-electron chi connectivity index (χ4n) is 2.21. The maximum atomic E-state index is 12.9. The summed E-state index contributed by atoms with van der Waals surface area (Å²) in [5.74, 6) is 0.189. The Morgan fingerprint density at radius 3 is 2.59 bits per heavy atom. The average Bonchev–Trinajstić information content (AvgIpc) is 2.74. The van der Waals surface area contributed by atoms with Crippen molar-refractivity contribution in [3.63, 3.8) is 0 Å². The zero-order valence-corrected chi connectivity index (χ0v) is 12.6. The maximum Gasteiger partial charge on any atom is 0.433 e. The van der Waals surface area contributed by atoms with Gasteiger partial charge in [-0.15, -0.1) is 0 Å². The minimum Gasteiger partial charge on any atom is -0.370 e. The summed E-state index contributed by atoms with van der Waals surface area (Å²) in [6.07, 6.45) is -4.14. The van der Waals surface area contributed by atoms with E-state index in [9.17, 15) is 18.0 Å². The van der Waals surface area contributed by atoms with Gasteiger partial charge in [-0.05, 0) is 0 Å². The molecule has 9 heteroatoms. The smallest absolute Gasteiger partial charge is 0.370 e. The van der Waals surface area contributed by atoms with E-state index in [0.717, 1.165) is 6.07 Å². The molecule has 0 bridgehead atoms. The summed E-state index contributed by atoms with van der Waals surface area (Å²) in [7, 11) is 4.85. The van der Waals surface area contributed by atoms with Crippen LogP contribution in [0.2, 0.25) is 0 Å². The number of anilines is 2. The van der Waals surface area contributed by atoms with E-state index in [4.69, 9.17) is 0 Å². The summed E-state index contributed by atoms with van der Waals surface area (Å²) in [4.78, 5) is 22.0. The van der Waals surface area contributed by atoms with Gasteiger partial charge in [0.15, 0.2) is 5.69 Å². The quantitative estimate of drug-likeness (QED) is 0.911. The van der Waals surface area contributed by atoms with Gasteiger partial charge >= 0.3 is 6.18 Å². The summed E-state index contributed by atoms with van der Waals surface area (Å²) < 4.78 is 38.6. The van der Waals surface area contributed by atoms with Gasteiger partial charge in [-0.1, -0.05) is 0 Å². The Bertz CT molecular complexity index is 561. The van der Waals surface area contributed by atoms with Crippen LogP contribution in [0, 0.1) is 5.92 Å². The van der Waals surface area contributed by atoms with Gasteiger partial charge in [-0.25, -0.2) is 4.98 Å². The molecule has 0 aliphatic carbocycles. The summed E-state index contributed by atoms with van der Waals surface area (Å²) in [5, 5.41) is 2.88. The first-order valence-corrected chi connectivity index (χ1v) is 6.78. The maximum absolute atomic E-state index is 12.9. The van der Waals surface area contributed by atoms with Crippen molar-refractivity contribution in [2.75, 3.05) is 44.4 Å². The summed E-state index contributed by atoms with van der Waals surface area (Å²) in [6.45, 7) is 0.973. The number of carbonyl (C=O) groups is 1. The highest BCUT2D eigenvalue weighted by Crippen LogP contribution is 2.30. The third kappa shape index (κ3) is 3.77. The summed E-state index contributed by atoms with van der Waals surface area (Å²) in [5.41, 5.74) is -0.992. The lowest BCUT2D eigenvalue weighted by atomic mass is 10.1. The van der Waals surface area contributed by atoms with Crippen LogP contribution >= 0.6 is 0 Å². The third-order valence-corrected chi connectivity index (χ3v) is 3.40. The van der Waals surface area contributed by atoms with E-state index < -0.39 is 11.9 Å². The molecule has 0 saturated carbocycles. The second-order valence-corrected chi connectivity index (χ2v) is 5.56. The first-order chi connectivity index (χ1) is 10.2. The van der Waals surface area contributed by atoms with E-state index in [1.165, 1.54) is 4.90 Å². The highest BCUT2D eigenvalue weighted by molar-refractivity contribution is 5.78. The molecular formula is C13H18F3N5O. The van der Waals surface area contributed by atoms with Crippen LogP contribution in [0.25, 0.3) is 0 Å². The Hall–Kier alpha value is -2.06.